The lowest BCUT2D eigenvalue weighted by Crippen LogP contribution is -2.17. The molecule has 3 heteroatoms. The molecule has 0 amide bonds. The Hall–Kier alpha value is 0.140. The molecule has 0 aromatic carbocycles. The van der Waals surface area contributed by atoms with Gasteiger partial charge in [-0.3, -0.25) is 0 Å². The quantitative estimate of drug-likeness (QED) is 0.882. The number of aliphatic hydroxyl groups is 1. The zero-order chi connectivity index (χ0) is 9.84. The zero-order valence-electron chi connectivity index (χ0n) is 7.96. The second kappa shape index (κ2) is 5.13. The monoisotopic (exact) mass is 262 g/mol. The van der Waals surface area contributed by atoms with Crippen molar-refractivity contribution in [2.24, 2.45) is 5.92 Å². The number of thiophene rings is 1. The Morgan fingerprint density at radius 2 is 2.23 bits per heavy atom. The number of hydrogen-bond acceptors (Lipinski definition) is 2. The Morgan fingerprint density at radius 1 is 1.54 bits per heavy atom. The zero-order valence-corrected chi connectivity index (χ0v) is 10.4. The van der Waals surface area contributed by atoms with Crippen LogP contribution in [0.25, 0.3) is 0 Å². The SMILES string of the molecule is CCC(Cc1ccc(Br)s1)C(C)O. The summed E-state index contributed by atoms with van der Waals surface area (Å²) in [7, 11) is 0. The first-order chi connectivity index (χ1) is 6.13. The van der Waals surface area contributed by atoms with Crippen molar-refractivity contribution >= 4 is 27.3 Å². The maximum Gasteiger partial charge on any atom is 0.0701 e. The molecule has 1 nitrogen and oxygen atoms in total. The molecule has 0 aliphatic rings. The summed E-state index contributed by atoms with van der Waals surface area (Å²) in [6, 6.07) is 4.19. The van der Waals surface area contributed by atoms with E-state index in [1.54, 1.807) is 11.3 Å². The third-order valence-electron chi connectivity index (χ3n) is 2.30. The van der Waals surface area contributed by atoms with E-state index in [9.17, 15) is 5.11 Å². The largest absolute Gasteiger partial charge is 0.393 e. The van der Waals surface area contributed by atoms with E-state index in [4.69, 9.17) is 0 Å². The fourth-order valence-corrected chi connectivity index (χ4v) is 2.95. The standard InChI is InChI=1S/C10H15BrOS/c1-3-8(7(2)12)6-9-4-5-10(11)13-9/h4-5,7-8,12H,3,6H2,1-2H3. The fourth-order valence-electron chi connectivity index (χ4n) is 1.38. The molecule has 0 saturated carbocycles. The Morgan fingerprint density at radius 3 is 2.62 bits per heavy atom. The van der Waals surface area contributed by atoms with E-state index in [1.165, 1.54) is 8.66 Å². The topological polar surface area (TPSA) is 20.2 Å². The first-order valence-corrected chi connectivity index (χ1v) is 6.16. The summed E-state index contributed by atoms with van der Waals surface area (Å²) < 4.78 is 1.17. The minimum Gasteiger partial charge on any atom is -0.393 e. The summed E-state index contributed by atoms with van der Waals surface area (Å²) in [5.74, 6) is 0.394. The highest BCUT2D eigenvalue weighted by molar-refractivity contribution is 9.11. The van der Waals surface area contributed by atoms with Crippen molar-refractivity contribution in [3.63, 3.8) is 0 Å². The van der Waals surface area contributed by atoms with Crippen molar-refractivity contribution in [1.82, 2.24) is 0 Å². The number of rotatable bonds is 4. The molecule has 2 unspecified atom stereocenters. The summed E-state index contributed by atoms with van der Waals surface area (Å²) in [6.07, 6.45) is 1.82. The minimum absolute atomic E-state index is 0.203. The molecular weight excluding hydrogens is 248 g/mol. The first kappa shape index (κ1) is 11.2. The predicted molar refractivity (Wildman–Crippen MR) is 61.2 cm³/mol. The molecule has 74 valence electrons. The summed E-state index contributed by atoms with van der Waals surface area (Å²) in [5.41, 5.74) is 0. The molecule has 0 bridgehead atoms. The molecule has 2 atom stereocenters. The molecule has 0 aliphatic carbocycles. The van der Waals surface area contributed by atoms with Crippen LogP contribution in [0, 0.1) is 5.92 Å². The van der Waals surface area contributed by atoms with E-state index < -0.39 is 0 Å². The van der Waals surface area contributed by atoms with Crippen molar-refractivity contribution in [3.05, 3.63) is 20.8 Å². The maximum absolute atomic E-state index is 9.47. The van der Waals surface area contributed by atoms with Crippen LogP contribution in [0.15, 0.2) is 15.9 Å². The summed E-state index contributed by atoms with van der Waals surface area (Å²) >= 11 is 5.19. The van der Waals surface area contributed by atoms with Crippen molar-refractivity contribution in [3.8, 4) is 0 Å². The van der Waals surface area contributed by atoms with E-state index >= 15 is 0 Å². The van der Waals surface area contributed by atoms with Gasteiger partial charge in [0.1, 0.15) is 0 Å². The van der Waals surface area contributed by atoms with Crippen LogP contribution in [-0.4, -0.2) is 11.2 Å². The van der Waals surface area contributed by atoms with Crippen LogP contribution < -0.4 is 0 Å². The normalized spacial score (nSPS) is 15.7. The van der Waals surface area contributed by atoms with Crippen molar-refractivity contribution < 1.29 is 5.11 Å². The molecule has 1 aromatic heterocycles. The highest BCUT2D eigenvalue weighted by Gasteiger charge is 2.14. The summed E-state index contributed by atoms with van der Waals surface area (Å²) in [5, 5.41) is 9.47. The van der Waals surface area contributed by atoms with E-state index in [0.29, 0.717) is 5.92 Å². The Balaban J connectivity index is 2.56. The van der Waals surface area contributed by atoms with Gasteiger partial charge in [-0.05, 0) is 47.3 Å². The summed E-state index contributed by atoms with van der Waals surface area (Å²) in [4.78, 5) is 1.35. The molecule has 1 rings (SSSR count). The first-order valence-electron chi connectivity index (χ1n) is 4.55. The van der Waals surface area contributed by atoms with Gasteiger partial charge in [-0.1, -0.05) is 13.3 Å². The lowest BCUT2D eigenvalue weighted by molar-refractivity contribution is 0.123. The van der Waals surface area contributed by atoms with Crippen molar-refractivity contribution in [2.45, 2.75) is 32.8 Å². The molecule has 0 spiro atoms. The molecule has 13 heavy (non-hydrogen) atoms. The number of hydrogen-bond donors (Lipinski definition) is 1. The molecule has 1 aromatic rings. The van der Waals surface area contributed by atoms with Gasteiger partial charge in [0.05, 0.1) is 9.89 Å². The van der Waals surface area contributed by atoms with Crippen LogP contribution in [0.4, 0.5) is 0 Å². The average Bonchev–Trinajstić information content (AvgIpc) is 2.46. The highest BCUT2D eigenvalue weighted by Crippen LogP contribution is 2.26. The summed E-state index contributed by atoms with van der Waals surface area (Å²) in [6.45, 7) is 4.00. The van der Waals surface area contributed by atoms with E-state index in [1.807, 2.05) is 6.92 Å². The van der Waals surface area contributed by atoms with Gasteiger partial charge in [-0.2, -0.15) is 0 Å². The smallest absolute Gasteiger partial charge is 0.0701 e. The molecule has 0 saturated heterocycles. The molecule has 0 radical (unpaired) electrons. The Bertz CT molecular complexity index is 257. The predicted octanol–water partition coefficient (Wildman–Crippen LogP) is 3.46. The van der Waals surface area contributed by atoms with Crippen LogP contribution in [-0.2, 0) is 6.42 Å². The van der Waals surface area contributed by atoms with Crippen LogP contribution in [0.2, 0.25) is 0 Å². The second-order valence-corrected chi connectivity index (χ2v) is 5.87. The molecule has 0 aliphatic heterocycles. The minimum atomic E-state index is -0.203. The lowest BCUT2D eigenvalue weighted by Gasteiger charge is -2.16. The Kier molecular flexibility index (Phi) is 4.42. The second-order valence-electron chi connectivity index (χ2n) is 3.32. The van der Waals surface area contributed by atoms with Gasteiger partial charge >= 0.3 is 0 Å². The van der Waals surface area contributed by atoms with Gasteiger partial charge in [-0.15, -0.1) is 11.3 Å². The van der Waals surface area contributed by atoms with Crippen LogP contribution >= 0.6 is 27.3 Å². The van der Waals surface area contributed by atoms with Crippen LogP contribution in [0.3, 0.4) is 0 Å². The highest BCUT2D eigenvalue weighted by atomic mass is 79.9. The third-order valence-corrected chi connectivity index (χ3v) is 3.94. The van der Waals surface area contributed by atoms with Gasteiger partial charge in [0, 0.05) is 4.88 Å². The molecule has 1 N–H and O–H groups in total. The van der Waals surface area contributed by atoms with Gasteiger partial charge in [-0.25, -0.2) is 0 Å². The fraction of sp³-hybridized carbons (Fsp3) is 0.600. The van der Waals surface area contributed by atoms with E-state index in [-0.39, 0.29) is 6.10 Å². The molecular formula is C10H15BrOS. The van der Waals surface area contributed by atoms with E-state index in [0.717, 1.165) is 12.8 Å². The maximum atomic E-state index is 9.47. The van der Waals surface area contributed by atoms with Gasteiger partial charge in [0.25, 0.3) is 0 Å². The molecule has 0 fully saturated rings. The van der Waals surface area contributed by atoms with Gasteiger partial charge in [0.2, 0.25) is 0 Å². The van der Waals surface area contributed by atoms with Gasteiger partial charge in [0.15, 0.2) is 0 Å². The van der Waals surface area contributed by atoms with E-state index in [2.05, 4.69) is 35.0 Å². The van der Waals surface area contributed by atoms with Crippen molar-refractivity contribution in [2.75, 3.05) is 0 Å². The number of aliphatic hydroxyl groups excluding tert-OH is 1. The lowest BCUT2D eigenvalue weighted by atomic mass is 9.96. The Labute approximate surface area is 91.9 Å². The average molecular weight is 263 g/mol. The molecule has 1 heterocycles. The number of halogens is 1. The van der Waals surface area contributed by atoms with Crippen molar-refractivity contribution in [1.29, 1.82) is 0 Å². The van der Waals surface area contributed by atoms with Crippen LogP contribution in [0.1, 0.15) is 25.1 Å². The third kappa shape index (κ3) is 3.41. The van der Waals surface area contributed by atoms with Crippen LogP contribution in [0.5, 0.6) is 0 Å². The van der Waals surface area contributed by atoms with Gasteiger partial charge < -0.3 is 5.11 Å².